The maximum absolute atomic E-state index is 11.9. The molecule has 1 aromatic heterocycles. The summed E-state index contributed by atoms with van der Waals surface area (Å²) in [4.78, 5) is 27.4. The van der Waals surface area contributed by atoms with Crippen LogP contribution in [0.4, 0.5) is 9.18 Å². The summed E-state index contributed by atoms with van der Waals surface area (Å²) in [5.74, 6) is -0.417. The molecule has 0 fully saturated rings. The number of hydrogen-bond acceptors (Lipinski definition) is 4. The van der Waals surface area contributed by atoms with Crippen molar-refractivity contribution in [3.05, 3.63) is 16.6 Å². The highest BCUT2D eigenvalue weighted by Gasteiger charge is 2.18. The van der Waals surface area contributed by atoms with Gasteiger partial charge in [-0.25, -0.2) is 14.2 Å². The van der Waals surface area contributed by atoms with Gasteiger partial charge in [-0.05, 0) is 13.3 Å². The highest BCUT2D eigenvalue weighted by molar-refractivity contribution is 7.09. The number of alkyl halides is 1. The Morgan fingerprint density at radius 3 is 2.75 bits per heavy atom. The first-order valence-corrected chi connectivity index (χ1v) is 7.26. The molecule has 0 aromatic carbocycles. The smallest absolute Gasteiger partial charge is 0.315 e. The second-order valence-corrected chi connectivity index (χ2v) is 5.08. The van der Waals surface area contributed by atoms with Gasteiger partial charge in [0.05, 0.1) is 6.04 Å². The third kappa shape index (κ3) is 5.12. The highest BCUT2D eigenvalue weighted by Crippen LogP contribution is 2.18. The molecule has 0 bridgehead atoms. The fourth-order valence-corrected chi connectivity index (χ4v) is 2.30. The molecule has 0 saturated carbocycles. The van der Waals surface area contributed by atoms with Crippen LogP contribution < -0.4 is 16.0 Å². The van der Waals surface area contributed by atoms with E-state index in [4.69, 9.17) is 0 Å². The molecule has 0 spiro atoms. The Balaban J connectivity index is 2.44. The van der Waals surface area contributed by atoms with Crippen molar-refractivity contribution in [3.63, 3.8) is 0 Å². The topological polar surface area (TPSA) is 83.1 Å². The van der Waals surface area contributed by atoms with Gasteiger partial charge in [0.2, 0.25) is 5.91 Å². The minimum Gasteiger partial charge on any atom is -0.352 e. The Kier molecular flexibility index (Phi) is 6.92. The Hall–Kier alpha value is -1.70. The van der Waals surface area contributed by atoms with Gasteiger partial charge in [-0.1, -0.05) is 6.92 Å². The van der Waals surface area contributed by atoms with Crippen molar-refractivity contribution in [1.82, 2.24) is 20.9 Å². The standard InChI is InChI=1S/C12H19FN4O2S/c1-3-9(11-15-6-7-20-11)17-12(19)16-8(2)10(18)14-5-4-13/h6-9H,3-5H2,1-2H3,(H,14,18)(H2,16,17,19)/t8-,9-/m1/s1. The quantitative estimate of drug-likeness (QED) is 0.711. The fraction of sp³-hybridized carbons (Fsp3) is 0.583. The lowest BCUT2D eigenvalue weighted by Crippen LogP contribution is -2.49. The van der Waals surface area contributed by atoms with Gasteiger partial charge < -0.3 is 16.0 Å². The molecule has 0 aliphatic rings. The van der Waals surface area contributed by atoms with Gasteiger partial charge in [0.1, 0.15) is 17.7 Å². The molecule has 8 heteroatoms. The molecule has 3 N–H and O–H groups in total. The number of hydrogen-bond donors (Lipinski definition) is 3. The molecule has 0 aliphatic carbocycles. The summed E-state index contributed by atoms with van der Waals surface area (Å²) in [6, 6.07) is -1.36. The van der Waals surface area contributed by atoms with Gasteiger partial charge in [-0.3, -0.25) is 4.79 Å². The third-order valence-electron chi connectivity index (χ3n) is 2.60. The van der Waals surface area contributed by atoms with E-state index in [1.807, 2.05) is 12.3 Å². The van der Waals surface area contributed by atoms with Crippen LogP contribution in [0.15, 0.2) is 11.6 Å². The average Bonchev–Trinajstić information content (AvgIpc) is 2.95. The number of nitrogens with zero attached hydrogens (tertiary/aromatic N) is 1. The molecule has 0 saturated heterocycles. The fourth-order valence-electron chi connectivity index (χ4n) is 1.53. The highest BCUT2D eigenvalue weighted by atomic mass is 32.1. The van der Waals surface area contributed by atoms with Crippen LogP contribution in [-0.2, 0) is 4.79 Å². The number of rotatable bonds is 7. The Morgan fingerprint density at radius 1 is 1.45 bits per heavy atom. The van der Waals surface area contributed by atoms with Crippen molar-refractivity contribution in [1.29, 1.82) is 0 Å². The van der Waals surface area contributed by atoms with E-state index in [1.165, 1.54) is 18.3 Å². The molecule has 0 radical (unpaired) electrons. The van der Waals surface area contributed by atoms with Crippen LogP contribution in [0.2, 0.25) is 0 Å². The first-order valence-electron chi connectivity index (χ1n) is 6.38. The molecule has 0 unspecified atom stereocenters. The van der Waals surface area contributed by atoms with E-state index in [1.54, 1.807) is 6.20 Å². The lowest BCUT2D eigenvalue weighted by molar-refractivity contribution is -0.122. The number of halogens is 1. The monoisotopic (exact) mass is 302 g/mol. The van der Waals surface area contributed by atoms with Crippen molar-refractivity contribution < 1.29 is 14.0 Å². The molecular weight excluding hydrogens is 283 g/mol. The summed E-state index contributed by atoms with van der Waals surface area (Å²) >= 11 is 1.46. The summed E-state index contributed by atoms with van der Waals surface area (Å²) in [6.45, 7) is 2.79. The van der Waals surface area contributed by atoms with Crippen LogP contribution in [-0.4, -0.2) is 36.2 Å². The van der Waals surface area contributed by atoms with Gasteiger partial charge in [-0.2, -0.15) is 0 Å². The first kappa shape index (κ1) is 16.4. The van der Waals surface area contributed by atoms with Crippen LogP contribution in [0.25, 0.3) is 0 Å². The van der Waals surface area contributed by atoms with Gasteiger partial charge in [0, 0.05) is 18.1 Å². The van der Waals surface area contributed by atoms with Gasteiger partial charge >= 0.3 is 6.03 Å². The van der Waals surface area contributed by atoms with E-state index in [-0.39, 0.29) is 12.6 Å². The number of urea groups is 1. The number of thiazole rings is 1. The molecule has 20 heavy (non-hydrogen) atoms. The van der Waals surface area contributed by atoms with E-state index < -0.39 is 24.7 Å². The predicted molar refractivity (Wildman–Crippen MR) is 75.3 cm³/mol. The summed E-state index contributed by atoms with van der Waals surface area (Å²) in [6.07, 6.45) is 2.37. The zero-order valence-corrected chi connectivity index (χ0v) is 12.3. The van der Waals surface area contributed by atoms with Crippen LogP contribution in [0, 0.1) is 0 Å². The van der Waals surface area contributed by atoms with Gasteiger partial charge in [-0.15, -0.1) is 11.3 Å². The number of carbonyl (C=O) groups excluding carboxylic acids is 2. The van der Waals surface area contributed by atoms with Crippen molar-refractivity contribution in [2.45, 2.75) is 32.4 Å². The maximum atomic E-state index is 11.9. The number of nitrogens with one attached hydrogen (secondary N) is 3. The molecule has 112 valence electrons. The molecule has 3 amide bonds. The van der Waals surface area contributed by atoms with Crippen molar-refractivity contribution in [3.8, 4) is 0 Å². The number of carbonyl (C=O) groups is 2. The lowest BCUT2D eigenvalue weighted by atomic mass is 10.2. The number of amides is 3. The van der Waals surface area contributed by atoms with Crippen LogP contribution >= 0.6 is 11.3 Å². The summed E-state index contributed by atoms with van der Waals surface area (Å²) in [7, 11) is 0. The first-order chi connectivity index (χ1) is 9.58. The summed E-state index contributed by atoms with van der Waals surface area (Å²) in [5, 5.41) is 10.3. The third-order valence-corrected chi connectivity index (χ3v) is 3.49. The van der Waals surface area contributed by atoms with Crippen LogP contribution in [0.1, 0.15) is 31.3 Å². The van der Waals surface area contributed by atoms with E-state index in [9.17, 15) is 14.0 Å². The SMILES string of the molecule is CC[C@@H](NC(=O)N[C@H](C)C(=O)NCCF)c1nccs1. The zero-order valence-electron chi connectivity index (χ0n) is 11.5. The molecule has 2 atom stereocenters. The molecular formula is C12H19FN4O2S. The van der Waals surface area contributed by atoms with Gasteiger partial charge in [0.25, 0.3) is 0 Å². The van der Waals surface area contributed by atoms with Crippen LogP contribution in [0.5, 0.6) is 0 Å². The zero-order chi connectivity index (χ0) is 15.0. The van der Waals surface area contributed by atoms with Crippen molar-refractivity contribution >= 4 is 23.3 Å². The van der Waals surface area contributed by atoms with Crippen molar-refractivity contribution in [2.75, 3.05) is 13.2 Å². The van der Waals surface area contributed by atoms with E-state index >= 15 is 0 Å². The second-order valence-electron chi connectivity index (χ2n) is 4.15. The molecule has 1 aromatic rings. The summed E-state index contributed by atoms with van der Waals surface area (Å²) in [5.41, 5.74) is 0. The van der Waals surface area contributed by atoms with Crippen LogP contribution in [0.3, 0.4) is 0 Å². The number of aromatic nitrogens is 1. The average molecular weight is 302 g/mol. The Bertz CT molecular complexity index is 427. The predicted octanol–water partition coefficient (Wildman–Crippen LogP) is 1.37. The Morgan fingerprint density at radius 2 is 2.20 bits per heavy atom. The summed E-state index contributed by atoms with van der Waals surface area (Å²) < 4.78 is 11.9. The van der Waals surface area contributed by atoms with Gasteiger partial charge in [0.15, 0.2) is 0 Å². The normalized spacial score (nSPS) is 13.3. The van der Waals surface area contributed by atoms with E-state index in [0.29, 0.717) is 6.42 Å². The Labute approximate surface area is 121 Å². The van der Waals surface area contributed by atoms with Crippen molar-refractivity contribution in [2.24, 2.45) is 0 Å². The minimum atomic E-state index is -0.727. The minimum absolute atomic E-state index is 0.0524. The molecule has 6 nitrogen and oxygen atoms in total. The van der Waals surface area contributed by atoms with E-state index in [0.717, 1.165) is 5.01 Å². The maximum Gasteiger partial charge on any atom is 0.315 e. The largest absolute Gasteiger partial charge is 0.352 e. The molecule has 0 aliphatic heterocycles. The molecule has 1 heterocycles. The lowest BCUT2D eigenvalue weighted by Gasteiger charge is -2.18. The van der Waals surface area contributed by atoms with E-state index in [2.05, 4.69) is 20.9 Å². The molecule has 1 rings (SSSR count). The second kappa shape index (κ2) is 8.47.